The zero-order valence-electron chi connectivity index (χ0n) is 28.3. The van der Waals surface area contributed by atoms with Crippen LogP contribution in [0.2, 0.25) is 0 Å². The van der Waals surface area contributed by atoms with Gasteiger partial charge in [0.15, 0.2) is 0 Å². The third kappa shape index (κ3) is 9.51. The Labute approximate surface area is 268 Å². The van der Waals surface area contributed by atoms with Crippen LogP contribution in [0.1, 0.15) is 87.1 Å². The molecule has 2 saturated heterocycles. The van der Waals surface area contributed by atoms with Crippen LogP contribution in [0.3, 0.4) is 0 Å². The van der Waals surface area contributed by atoms with Gasteiger partial charge in [-0.05, 0) is 63.4 Å². The fourth-order valence-electron chi connectivity index (χ4n) is 6.25. The number of nitrogens with zero attached hydrogens (tertiary/aromatic N) is 1. The van der Waals surface area contributed by atoms with E-state index in [0.717, 1.165) is 5.56 Å². The number of amides is 5. The van der Waals surface area contributed by atoms with Crippen molar-refractivity contribution in [2.45, 2.75) is 130 Å². The zero-order valence-corrected chi connectivity index (χ0v) is 28.3. The summed E-state index contributed by atoms with van der Waals surface area (Å²) in [4.78, 5) is 71.3. The van der Waals surface area contributed by atoms with Gasteiger partial charge >= 0.3 is 0 Å². The summed E-state index contributed by atoms with van der Waals surface area (Å²) in [5, 5.41) is 11.5. The molecule has 3 rings (SSSR count). The Hall–Kier alpha value is -3.47. The maximum atomic E-state index is 14.3. The molecular weight excluding hydrogens is 574 g/mol. The number of carbonyl (C=O) groups is 5. The lowest BCUT2D eigenvalue weighted by molar-refractivity contribution is -0.154. The maximum absolute atomic E-state index is 14.3. The summed E-state index contributed by atoms with van der Waals surface area (Å²) in [5.41, 5.74) is -0.336. The van der Waals surface area contributed by atoms with Crippen LogP contribution in [0.4, 0.5) is 0 Å². The molecule has 2 aliphatic heterocycles. The Bertz CT molecular complexity index is 1220. The molecule has 2 aliphatic rings. The Balaban J connectivity index is 2.14. The minimum absolute atomic E-state index is 0.0308. The van der Waals surface area contributed by atoms with Gasteiger partial charge in [-0.15, -0.1) is 0 Å². The lowest BCUT2D eigenvalue weighted by Crippen LogP contribution is -2.62. The van der Waals surface area contributed by atoms with Gasteiger partial charge in [-0.1, -0.05) is 71.9 Å². The summed E-state index contributed by atoms with van der Waals surface area (Å²) >= 11 is 0. The van der Waals surface area contributed by atoms with Crippen molar-refractivity contribution in [2.24, 2.45) is 17.8 Å². The van der Waals surface area contributed by atoms with E-state index >= 15 is 0 Å². The molecule has 0 aliphatic carbocycles. The highest BCUT2D eigenvalue weighted by molar-refractivity contribution is 5.98. The first-order valence-corrected chi connectivity index (χ1v) is 16.3. The lowest BCUT2D eigenvalue weighted by Gasteiger charge is -2.37. The molecule has 45 heavy (non-hydrogen) atoms. The topological polar surface area (TPSA) is 146 Å². The molecule has 2 heterocycles. The monoisotopic (exact) mass is 627 g/mol. The van der Waals surface area contributed by atoms with E-state index in [-0.39, 0.29) is 24.2 Å². The van der Waals surface area contributed by atoms with E-state index in [1.807, 2.05) is 71.9 Å². The van der Waals surface area contributed by atoms with Crippen molar-refractivity contribution in [1.82, 2.24) is 26.2 Å². The summed E-state index contributed by atoms with van der Waals surface area (Å²) in [6, 6.07) is 4.33. The molecule has 2 fully saturated rings. The highest BCUT2D eigenvalue weighted by Crippen LogP contribution is 2.34. The van der Waals surface area contributed by atoms with Crippen molar-refractivity contribution in [1.29, 1.82) is 0 Å². The van der Waals surface area contributed by atoms with E-state index in [1.54, 1.807) is 20.8 Å². The molecule has 0 radical (unpaired) electrons. The molecule has 0 bridgehead atoms. The summed E-state index contributed by atoms with van der Waals surface area (Å²) in [6.07, 6.45) is 0.443. The third-order valence-electron chi connectivity index (χ3n) is 8.20. The van der Waals surface area contributed by atoms with Gasteiger partial charge in [0.2, 0.25) is 29.5 Å². The average Bonchev–Trinajstić information content (AvgIpc) is 3.17. The van der Waals surface area contributed by atoms with Crippen molar-refractivity contribution < 1.29 is 28.7 Å². The van der Waals surface area contributed by atoms with Crippen LogP contribution in [-0.2, 0) is 35.1 Å². The van der Waals surface area contributed by atoms with Crippen molar-refractivity contribution in [3.8, 4) is 0 Å². The van der Waals surface area contributed by atoms with Gasteiger partial charge in [0.05, 0.1) is 6.10 Å². The molecule has 5 amide bonds. The van der Waals surface area contributed by atoms with Crippen LogP contribution < -0.4 is 21.3 Å². The Morgan fingerprint density at radius 2 is 1.09 bits per heavy atom. The second-order valence-corrected chi connectivity index (χ2v) is 14.2. The lowest BCUT2D eigenvalue weighted by atomic mass is 9.98. The fourth-order valence-corrected chi connectivity index (χ4v) is 6.25. The Kier molecular flexibility index (Phi) is 12.2. The van der Waals surface area contributed by atoms with E-state index in [1.165, 1.54) is 4.90 Å². The molecule has 1 unspecified atom stereocenters. The fraction of sp³-hybridized carbons (Fsp3) is 0.676. The quantitative estimate of drug-likeness (QED) is 0.349. The second-order valence-electron chi connectivity index (χ2n) is 14.2. The predicted octanol–water partition coefficient (Wildman–Crippen LogP) is 2.67. The molecule has 11 nitrogen and oxygen atoms in total. The average molecular weight is 628 g/mol. The third-order valence-corrected chi connectivity index (χ3v) is 8.20. The minimum atomic E-state index is -1.16. The SMILES string of the molecule is CC(C)C[C@@H]1NC(=O)[C@H](Cc2ccccc2)NC(=O)[C@H](CC(C)C)NC(=O)[C@@H]2C(C)OC(C)(C)N2C(=O)[C@H](CC(C)C)NC1=O. The van der Waals surface area contributed by atoms with Crippen LogP contribution >= 0.6 is 0 Å². The van der Waals surface area contributed by atoms with Crippen LogP contribution in [0, 0.1) is 17.8 Å². The number of nitrogens with one attached hydrogen (secondary N) is 4. The summed E-state index contributed by atoms with van der Waals surface area (Å²) < 4.78 is 6.13. The normalized spacial score (nSPS) is 28.3. The molecular formula is C34H53N5O6. The van der Waals surface area contributed by atoms with Crippen LogP contribution in [0.25, 0.3) is 0 Å². The minimum Gasteiger partial charge on any atom is -0.350 e. The van der Waals surface area contributed by atoms with E-state index < -0.39 is 71.6 Å². The van der Waals surface area contributed by atoms with Crippen LogP contribution in [0.15, 0.2) is 30.3 Å². The molecule has 1 aromatic carbocycles. The van der Waals surface area contributed by atoms with Gasteiger partial charge in [-0.3, -0.25) is 28.9 Å². The van der Waals surface area contributed by atoms with E-state index in [2.05, 4.69) is 21.3 Å². The number of benzene rings is 1. The van der Waals surface area contributed by atoms with Gasteiger partial charge in [0, 0.05) is 6.42 Å². The van der Waals surface area contributed by atoms with Gasteiger partial charge < -0.3 is 26.0 Å². The van der Waals surface area contributed by atoms with Gasteiger partial charge in [-0.25, -0.2) is 0 Å². The first-order chi connectivity index (χ1) is 21.0. The number of rotatable bonds is 8. The highest BCUT2D eigenvalue weighted by atomic mass is 16.5. The Morgan fingerprint density at radius 3 is 1.60 bits per heavy atom. The first kappa shape index (κ1) is 36.0. The van der Waals surface area contributed by atoms with Gasteiger partial charge in [0.25, 0.3) is 0 Å². The summed E-state index contributed by atoms with van der Waals surface area (Å²) in [5.74, 6) is -2.43. The van der Waals surface area contributed by atoms with E-state index in [9.17, 15) is 24.0 Å². The zero-order chi connectivity index (χ0) is 33.6. The van der Waals surface area contributed by atoms with Gasteiger partial charge in [-0.2, -0.15) is 0 Å². The van der Waals surface area contributed by atoms with E-state index in [0.29, 0.717) is 19.3 Å². The maximum Gasteiger partial charge on any atom is 0.248 e. The highest BCUT2D eigenvalue weighted by Gasteiger charge is 2.53. The molecule has 4 N–H and O–H groups in total. The molecule has 250 valence electrons. The van der Waals surface area contributed by atoms with Gasteiger partial charge in [0.1, 0.15) is 35.9 Å². The molecule has 0 aromatic heterocycles. The molecule has 0 spiro atoms. The number of ether oxygens (including phenoxy) is 1. The van der Waals surface area contributed by atoms with Crippen molar-refractivity contribution in [3.63, 3.8) is 0 Å². The van der Waals surface area contributed by atoms with Crippen molar-refractivity contribution >= 4 is 29.5 Å². The van der Waals surface area contributed by atoms with E-state index in [4.69, 9.17) is 4.74 Å². The standard InChI is InChI=1S/C34H53N5O6/c1-19(2)15-24-30(41)38-27(17-21(5)6)33(44)39-28(22(7)45-34(39,8)9)32(43)37-25(16-20(3)4)29(40)36-26(31(42)35-24)18-23-13-11-10-12-14-23/h10-14,19-22,24-28H,15-18H2,1-9H3,(H,35,42)(H,36,40)(H,37,43)(H,38,41)/t22?,24-,25-,26-,27-,28-/m0/s1. The molecule has 6 atom stereocenters. The number of hydrogen-bond acceptors (Lipinski definition) is 6. The summed E-state index contributed by atoms with van der Waals surface area (Å²) in [7, 11) is 0. The first-order valence-electron chi connectivity index (χ1n) is 16.3. The van der Waals surface area contributed by atoms with Crippen molar-refractivity contribution in [3.05, 3.63) is 35.9 Å². The number of hydrogen-bond donors (Lipinski definition) is 4. The number of carbonyl (C=O) groups excluding carboxylic acids is 5. The second kappa shape index (κ2) is 15.2. The molecule has 11 heteroatoms. The number of fused-ring (bicyclic) bond motifs is 1. The Morgan fingerprint density at radius 1 is 0.667 bits per heavy atom. The van der Waals surface area contributed by atoms with Crippen molar-refractivity contribution in [2.75, 3.05) is 0 Å². The predicted molar refractivity (Wildman–Crippen MR) is 171 cm³/mol. The molecule has 0 saturated carbocycles. The van der Waals surface area contributed by atoms with Crippen LogP contribution in [-0.4, -0.2) is 76.5 Å². The molecule has 1 aromatic rings. The summed E-state index contributed by atoms with van der Waals surface area (Å²) in [6.45, 7) is 16.8. The smallest absolute Gasteiger partial charge is 0.248 e. The van der Waals surface area contributed by atoms with Crippen LogP contribution in [0.5, 0.6) is 0 Å². The largest absolute Gasteiger partial charge is 0.350 e.